The normalized spacial score (nSPS) is 10.9. The highest BCUT2D eigenvalue weighted by atomic mass is 15.2. The zero-order chi connectivity index (χ0) is 15.4. The van der Waals surface area contributed by atoms with E-state index in [0.717, 1.165) is 42.9 Å². The van der Waals surface area contributed by atoms with Gasteiger partial charge in [-0.2, -0.15) is 10.1 Å². The van der Waals surface area contributed by atoms with Crippen LogP contribution in [0, 0.1) is 6.92 Å². The molecule has 0 saturated heterocycles. The Bertz CT molecular complexity index is 604. The van der Waals surface area contributed by atoms with Crippen LogP contribution in [0.15, 0.2) is 12.4 Å². The first-order chi connectivity index (χ1) is 10.0. The van der Waals surface area contributed by atoms with Crippen LogP contribution < -0.4 is 10.6 Å². The maximum absolute atomic E-state index is 5.83. The Kier molecular flexibility index (Phi) is 4.77. The molecule has 2 rings (SSSR count). The first-order valence-corrected chi connectivity index (χ1v) is 7.33. The van der Waals surface area contributed by atoms with Gasteiger partial charge < -0.3 is 10.6 Å². The monoisotopic (exact) mass is 288 g/mol. The second-order valence-corrected chi connectivity index (χ2v) is 5.45. The van der Waals surface area contributed by atoms with E-state index in [1.54, 1.807) is 4.68 Å². The fraction of sp³-hybridized carbons (Fsp3) is 0.533. The van der Waals surface area contributed by atoms with Crippen LogP contribution in [0.2, 0.25) is 0 Å². The van der Waals surface area contributed by atoms with Crippen molar-refractivity contribution in [1.82, 2.24) is 19.7 Å². The van der Waals surface area contributed by atoms with Crippen LogP contribution in [0.25, 0.3) is 0 Å². The van der Waals surface area contributed by atoms with Gasteiger partial charge in [0.25, 0.3) is 0 Å². The second kappa shape index (κ2) is 6.56. The maximum atomic E-state index is 5.83. The third-order valence-electron chi connectivity index (χ3n) is 3.53. The lowest BCUT2D eigenvalue weighted by Crippen LogP contribution is -2.21. The molecule has 2 aromatic rings. The number of nitrogen functional groups attached to an aromatic ring is 1. The summed E-state index contributed by atoms with van der Waals surface area (Å²) >= 11 is 0. The molecule has 21 heavy (non-hydrogen) atoms. The molecule has 0 radical (unpaired) electrons. The van der Waals surface area contributed by atoms with Crippen LogP contribution in [0.3, 0.4) is 0 Å². The minimum Gasteiger partial charge on any atom is -0.368 e. The number of rotatable bonds is 6. The molecule has 0 unspecified atom stereocenters. The van der Waals surface area contributed by atoms with E-state index in [2.05, 4.69) is 26.9 Å². The van der Waals surface area contributed by atoms with Crippen LogP contribution in [0.5, 0.6) is 0 Å². The van der Waals surface area contributed by atoms with Crippen molar-refractivity contribution in [3.8, 4) is 0 Å². The highest BCUT2D eigenvalue weighted by Gasteiger charge is 2.15. The number of hydrogen-bond donors (Lipinski definition) is 1. The van der Waals surface area contributed by atoms with Gasteiger partial charge >= 0.3 is 0 Å². The van der Waals surface area contributed by atoms with Gasteiger partial charge in [-0.05, 0) is 19.8 Å². The van der Waals surface area contributed by atoms with E-state index in [-0.39, 0.29) is 0 Å². The van der Waals surface area contributed by atoms with Gasteiger partial charge in [-0.25, -0.2) is 4.98 Å². The summed E-state index contributed by atoms with van der Waals surface area (Å²) in [4.78, 5) is 10.9. The molecule has 0 spiro atoms. The van der Waals surface area contributed by atoms with E-state index >= 15 is 0 Å². The summed E-state index contributed by atoms with van der Waals surface area (Å²) in [6.45, 7) is 4.94. The Labute approximate surface area is 126 Å². The van der Waals surface area contributed by atoms with Crippen LogP contribution in [-0.2, 0) is 20.0 Å². The number of anilines is 2. The number of nitrogens with zero attached hydrogens (tertiary/aromatic N) is 5. The summed E-state index contributed by atoms with van der Waals surface area (Å²) in [5.41, 5.74) is 9.14. The molecule has 0 aliphatic carbocycles. The van der Waals surface area contributed by atoms with Crippen molar-refractivity contribution >= 4 is 11.8 Å². The highest BCUT2D eigenvalue weighted by Crippen LogP contribution is 2.24. The van der Waals surface area contributed by atoms with Gasteiger partial charge in [-0.1, -0.05) is 13.3 Å². The molecule has 0 atom stereocenters. The lowest BCUT2D eigenvalue weighted by molar-refractivity contribution is 0.763. The van der Waals surface area contributed by atoms with Gasteiger partial charge in [-0.3, -0.25) is 4.68 Å². The van der Waals surface area contributed by atoms with Crippen LogP contribution in [-0.4, -0.2) is 26.8 Å². The standard InChI is InChI=1S/C15H24N6/c1-5-6-7-13-11(2)18-15(16)19-14(13)20(3)9-12-8-17-21(4)10-12/h8,10H,5-7,9H2,1-4H3,(H2,16,18,19). The molecule has 114 valence electrons. The Balaban J connectivity index is 2.27. The van der Waals surface area contributed by atoms with Crippen LogP contribution in [0.4, 0.5) is 11.8 Å². The van der Waals surface area contributed by atoms with E-state index in [4.69, 9.17) is 5.73 Å². The lowest BCUT2D eigenvalue weighted by atomic mass is 10.1. The molecule has 0 fully saturated rings. The summed E-state index contributed by atoms with van der Waals surface area (Å²) in [5.74, 6) is 1.26. The summed E-state index contributed by atoms with van der Waals surface area (Å²) in [5, 5.41) is 4.20. The molecular formula is C15H24N6. The van der Waals surface area contributed by atoms with E-state index in [9.17, 15) is 0 Å². The topological polar surface area (TPSA) is 72.9 Å². The lowest BCUT2D eigenvalue weighted by Gasteiger charge is -2.22. The average Bonchev–Trinajstić information content (AvgIpc) is 2.82. The molecule has 6 nitrogen and oxygen atoms in total. The average molecular weight is 288 g/mol. The Hall–Kier alpha value is -2.11. The van der Waals surface area contributed by atoms with Crippen LogP contribution in [0.1, 0.15) is 36.6 Å². The molecule has 0 aliphatic rings. The minimum atomic E-state index is 0.334. The molecule has 6 heteroatoms. The SMILES string of the molecule is CCCCc1c(C)nc(N)nc1N(C)Cc1cnn(C)c1. The first kappa shape index (κ1) is 15.3. The molecule has 2 N–H and O–H groups in total. The van der Waals surface area contributed by atoms with Gasteiger partial charge in [-0.15, -0.1) is 0 Å². The van der Waals surface area contributed by atoms with Gasteiger partial charge in [0, 0.05) is 43.7 Å². The quantitative estimate of drug-likeness (QED) is 0.881. The fourth-order valence-corrected chi connectivity index (χ4v) is 2.47. The smallest absolute Gasteiger partial charge is 0.222 e. The molecule has 0 saturated carbocycles. The van der Waals surface area contributed by atoms with Crippen molar-refractivity contribution in [3.05, 3.63) is 29.2 Å². The number of aromatic nitrogens is 4. The number of nitrogens with two attached hydrogens (primary N) is 1. The number of unbranched alkanes of at least 4 members (excludes halogenated alkanes) is 1. The van der Waals surface area contributed by atoms with Crippen molar-refractivity contribution in [2.45, 2.75) is 39.7 Å². The van der Waals surface area contributed by atoms with E-state index in [0.29, 0.717) is 5.95 Å². The first-order valence-electron chi connectivity index (χ1n) is 7.33. The third-order valence-corrected chi connectivity index (χ3v) is 3.53. The van der Waals surface area contributed by atoms with Crippen molar-refractivity contribution in [1.29, 1.82) is 0 Å². The van der Waals surface area contributed by atoms with Gasteiger partial charge in [0.2, 0.25) is 5.95 Å². The maximum Gasteiger partial charge on any atom is 0.222 e. The molecule has 0 amide bonds. The number of aryl methyl sites for hydroxylation is 2. The van der Waals surface area contributed by atoms with Crippen molar-refractivity contribution in [3.63, 3.8) is 0 Å². The molecule has 0 bridgehead atoms. The van der Waals surface area contributed by atoms with Crippen LogP contribution >= 0.6 is 0 Å². The Morgan fingerprint density at radius 3 is 2.71 bits per heavy atom. The van der Waals surface area contributed by atoms with Crippen molar-refractivity contribution < 1.29 is 0 Å². The zero-order valence-corrected chi connectivity index (χ0v) is 13.3. The minimum absolute atomic E-state index is 0.334. The molecule has 0 aliphatic heterocycles. The molecular weight excluding hydrogens is 264 g/mol. The second-order valence-electron chi connectivity index (χ2n) is 5.45. The van der Waals surface area contributed by atoms with Crippen molar-refractivity contribution in [2.24, 2.45) is 7.05 Å². The summed E-state index contributed by atoms with van der Waals surface area (Å²) in [6.07, 6.45) is 7.14. The Morgan fingerprint density at radius 2 is 2.10 bits per heavy atom. The molecule has 2 heterocycles. The van der Waals surface area contributed by atoms with Gasteiger partial charge in [0.05, 0.1) is 6.20 Å². The van der Waals surface area contributed by atoms with E-state index in [1.165, 1.54) is 5.56 Å². The predicted octanol–water partition coefficient (Wildman–Crippen LogP) is 2.08. The summed E-state index contributed by atoms with van der Waals surface area (Å²) in [7, 11) is 3.95. The number of hydrogen-bond acceptors (Lipinski definition) is 5. The Morgan fingerprint density at radius 1 is 1.33 bits per heavy atom. The summed E-state index contributed by atoms with van der Waals surface area (Å²) in [6, 6.07) is 0. The van der Waals surface area contributed by atoms with E-state index < -0.39 is 0 Å². The van der Waals surface area contributed by atoms with Gasteiger partial charge in [0.15, 0.2) is 0 Å². The van der Waals surface area contributed by atoms with Crippen molar-refractivity contribution in [2.75, 3.05) is 17.7 Å². The van der Waals surface area contributed by atoms with E-state index in [1.807, 2.05) is 33.4 Å². The van der Waals surface area contributed by atoms with Gasteiger partial charge in [0.1, 0.15) is 5.82 Å². The third kappa shape index (κ3) is 3.71. The highest BCUT2D eigenvalue weighted by molar-refractivity contribution is 5.51. The summed E-state index contributed by atoms with van der Waals surface area (Å²) < 4.78 is 1.81. The zero-order valence-electron chi connectivity index (χ0n) is 13.3. The largest absolute Gasteiger partial charge is 0.368 e. The molecule has 2 aromatic heterocycles. The predicted molar refractivity (Wildman–Crippen MR) is 85.1 cm³/mol. The fourth-order valence-electron chi connectivity index (χ4n) is 2.47. The molecule has 0 aromatic carbocycles.